The van der Waals surface area contributed by atoms with Gasteiger partial charge >= 0.3 is 0 Å². The molecular weight excluding hydrogens is 225 g/mol. The topological polar surface area (TPSA) is 12.0 Å². The number of hydrogen-bond donors (Lipinski definition) is 1. The second-order valence-corrected chi connectivity index (χ2v) is 5.32. The van der Waals surface area contributed by atoms with Crippen LogP contribution in [-0.4, -0.2) is 5.54 Å². The van der Waals surface area contributed by atoms with Crippen LogP contribution in [0.4, 0.5) is 10.1 Å². The van der Waals surface area contributed by atoms with Crippen molar-refractivity contribution in [3.63, 3.8) is 0 Å². The van der Waals surface area contributed by atoms with Gasteiger partial charge in [-0.25, -0.2) is 4.39 Å². The second-order valence-electron chi connectivity index (χ2n) is 5.32. The third-order valence-electron chi connectivity index (χ3n) is 3.85. The van der Waals surface area contributed by atoms with Crippen LogP contribution in [0.2, 0.25) is 0 Å². The normalized spacial score (nSPS) is 18.9. The second kappa shape index (κ2) is 6.03. The molecule has 1 aromatic carbocycles. The van der Waals surface area contributed by atoms with Gasteiger partial charge in [0.1, 0.15) is 5.82 Å². The quantitative estimate of drug-likeness (QED) is 0.589. The van der Waals surface area contributed by atoms with Crippen LogP contribution in [0.1, 0.15) is 44.9 Å². The number of benzene rings is 1. The van der Waals surface area contributed by atoms with Gasteiger partial charge in [-0.1, -0.05) is 31.8 Å². The highest BCUT2D eigenvalue weighted by molar-refractivity contribution is 5.45. The summed E-state index contributed by atoms with van der Waals surface area (Å²) in [6.45, 7) is 3.89. The van der Waals surface area contributed by atoms with E-state index < -0.39 is 0 Å². The minimum atomic E-state index is -0.181. The lowest BCUT2D eigenvalue weighted by molar-refractivity contribution is 0.412. The first-order chi connectivity index (χ1) is 8.74. The summed E-state index contributed by atoms with van der Waals surface area (Å²) in [6, 6.07) is 6.68. The molecule has 0 radical (unpaired) electrons. The van der Waals surface area contributed by atoms with E-state index in [0.29, 0.717) is 0 Å². The molecule has 1 fully saturated rings. The molecule has 0 saturated heterocycles. The van der Waals surface area contributed by atoms with Gasteiger partial charge in [0.05, 0.1) is 0 Å². The first-order valence-electron chi connectivity index (χ1n) is 6.89. The van der Waals surface area contributed by atoms with Gasteiger partial charge in [0, 0.05) is 11.2 Å². The van der Waals surface area contributed by atoms with E-state index in [9.17, 15) is 4.39 Å². The molecule has 2 heteroatoms. The fraction of sp³-hybridized carbons (Fsp3) is 0.500. The fourth-order valence-corrected chi connectivity index (χ4v) is 2.90. The maximum absolute atomic E-state index is 12.9. The summed E-state index contributed by atoms with van der Waals surface area (Å²) in [5, 5.41) is 3.62. The monoisotopic (exact) mass is 247 g/mol. The Balaban J connectivity index is 2.13. The molecule has 0 aliphatic heterocycles. The number of hydrogen-bond acceptors (Lipinski definition) is 1. The molecule has 2 rings (SSSR count). The summed E-state index contributed by atoms with van der Waals surface area (Å²) >= 11 is 0. The Morgan fingerprint density at radius 2 is 1.72 bits per heavy atom. The Bertz CT molecular complexity index is 375. The van der Waals surface area contributed by atoms with Gasteiger partial charge in [-0.05, 0) is 43.5 Å². The van der Waals surface area contributed by atoms with Crippen molar-refractivity contribution in [2.24, 2.45) is 0 Å². The van der Waals surface area contributed by atoms with E-state index in [0.717, 1.165) is 12.1 Å². The van der Waals surface area contributed by atoms with Crippen LogP contribution in [0.15, 0.2) is 36.9 Å². The molecule has 98 valence electrons. The van der Waals surface area contributed by atoms with Gasteiger partial charge in [0.25, 0.3) is 0 Å². The maximum Gasteiger partial charge on any atom is 0.123 e. The van der Waals surface area contributed by atoms with Gasteiger partial charge in [0.15, 0.2) is 0 Å². The fourth-order valence-electron chi connectivity index (χ4n) is 2.90. The van der Waals surface area contributed by atoms with Gasteiger partial charge in [0.2, 0.25) is 0 Å². The van der Waals surface area contributed by atoms with Crippen LogP contribution >= 0.6 is 0 Å². The Kier molecular flexibility index (Phi) is 4.40. The molecule has 0 amide bonds. The zero-order valence-corrected chi connectivity index (χ0v) is 10.9. The highest BCUT2D eigenvalue weighted by Crippen LogP contribution is 2.33. The number of nitrogens with one attached hydrogen (secondary N) is 1. The summed E-state index contributed by atoms with van der Waals surface area (Å²) in [5.74, 6) is -0.181. The van der Waals surface area contributed by atoms with Crippen molar-refractivity contribution in [1.29, 1.82) is 0 Å². The molecule has 0 bridgehead atoms. The van der Waals surface area contributed by atoms with Gasteiger partial charge in [-0.15, -0.1) is 6.58 Å². The predicted octanol–water partition coefficient (Wildman–Crippen LogP) is 4.91. The summed E-state index contributed by atoms with van der Waals surface area (Å²) in [4.78, 5) is 0. The summed E-state index contributed by atoms with van der Waals surface area (Å²) in [5.41, 5.74) is 1.14. The molecule has 1 aliphatic carbocycles. The first kappa shape index (κ1) is 13.1. The van der Waals surface area contributed by atoms with E-state index in [4.69, 9.17) is 0 Å². The third-order valence-corrected chi connectivity index (χ3v) is 3.85. The van der Waals surface area contributed by atoms with Crippen molar-refractivity contribution in [3.8, 4) is 0 Å². The van der Waals surface area contributed by atoms with E-state index >= 15 is 0 Å². The van der Waals surface area contributed by atoms with Crippen molar-refractivity contribution in [1.82, 2.24) is 0 Å². The van der Waals surface area contributed by atoms with E-state index in [1.165, 1.54) is 50.7 Å². The molecule has 0 heterocycles. The molecule has 0 aromatic heterocycles. The molecule has 0 atom stereocenters. The summed E-state index contributed by atoms with van der Waals surface area (Å²) in [6.07, 6.45) is 10.5. The van der Waals surface area contributed by atoms with E-state index in [1.807, 2.05) is 18.2 Å². The van der Waals surface area contributed by atoms with E-state index in [1.54, 1.807) is 0 Å². The standard InChI is InChI=1S/C16H22FN/c1-2-11-16(12-5-3-4-6-13-16)18-15-9-7-14(17)8-10-15/h2,7-10,18H,1,3-6,11-13H2. The SMILES string of the molecule is C=CCC1(Nc2ccc(F)cc2)CCCCCC1. The van der Waals surface area contributed by atoms with Crippen LogP contribution in [-0.2, 0) is 0 Å². The maximum atomic E-state index is 12.9. The van der Waals surface area contributed by atoms with Crippen molar-refractivity contribution >= 4 is 5.69 Å². The highest BCUT2D eigenvalue weighted by Gasteiger charge is 2.29. The first-order valence-corrected chi connectivity index (χ1v) is 6.89. The zero-order chi connectivity index (χ0) is 12.8. The largest absolute Gasteiger partial charge is 0.379 e. The Morgan fingerprint density at radius 3 is 2.28 bits per heavy atom. The van der Waals surface area contributed by atoms with Crippen molar-refractivity contribution in [2.45, 2.75) is 50.5 Å². The molecule has 0 spiro atoms. The summed E-state index contributed by atoms with van der Waals surface area (Å²) < 4.78 is 12.9. The lowest BCUT2D eigenvalue weighted by Crippen LogP contribution is -2.37. The molecule has 18 heavy (non-hydrogen) atoms. The minimum Gasteiger partial charge on any atom is -0.379 e. The summed E-state index contributed by atoms with van der Waals surface area (Å²) in [7, 11) is 0. The molecule has 1 aliphatic rings. The zero-order valence-electron chi connectivity index (χ0n) is 10.9. The lowest BCUT2D eigenvalue weighted by atomic mass is 9.86. The highest BCUT2D eigenvalue weighted by atomic mass is 19.1. The van der Waals surface area contributed by atoms with Crippen LogP contribution in [0.3, 0.4) is 0 Å². The molecule has 1 nitrogen and oxygen atoms in total. The number of anilines is 1. The van der Waals surface area contributed by atoms with Gasteiger partial charge in [-0.3, -0.25) is 0 Å². The van der Waals surface area contributed by atoms with Crippen LogP contribution in [0, 0.1) is 5.82 Å². The van der Waals surface area contributed by atoms with Gasteiger partial charge in [-0.2, -0.15) is 0 Å². The number of rotatable bonds is 4. The number of halogens is 1. The molecule has 1 saturated carbocycles. The molecule has 1 aromatic rings. The predicted molar refractivity (Wildman–Crippen MR) is 75.3 cm³/mol. The van der Waals surface area contributed by atoms with Gasteiger partial charge < -0.3 is 5.32 Å². The van der Waals surface area contributed by atoms with E-state index in [2.05, 4.69) is 11.9 Å². The Morgan fingerprint density at radius 1 is 1.11 bits per heavy atom. The van der Waals surface area contributed by atoms with Crippen LogP contribution in [0.25, 0.3) is 0 Å². The van der Waals surface area contributed by atoms with Crippen LogP contribution < -0.4 is 5.32 Å². The lowest BCUT2D eigenvalue weighted by Gasteiger charge is -2.34. The smallest absolute Gasteiger partial charge is 0.123 e. The van der Waals surface area contributed by atoms with Crippen LogP contribution in [0.5, 0.6) is 0 Å². The minimum absolute atomic E-state index is 0.121. The average Bonchev–Trinajstić information content (AvgIpc) is 2.59. The third kappa shape index (κ3) is 3.34. The van der Waals surface area contributed by atoms with Crippen molar-refractivity contribution in [2.75, 3.05) is 5.32 Å². The Hall–Kier alpha value is -1.31. The van der Waals surface area contributed by atoms with Crippen molar-refractivity contribution in [3.05, 3.63) is 42.7 Å². The molecule has 0 unspecified atom stereocenters. The van der Waals surface area contributed by atoms with Crippen molar-refractivity contribution < 1.29 is 4.39 Å². The molecule has 1 N–H and O–H groups in total. The van der Waals surface area contributed by atoms with E-state index in [-0.39, 0.29) is 11.4 Å². The average molecular weight is 247 g/mol. The Labute approximate surface area is 109 Å². The molecular formula is C16H22FN.